The number of hydrogen-bond donors (Lipinski definition) is 0. The van der Waals surface area contributed by atoms with Gasteiger partial charge in [0.15, 0.2) is 0 Å². The van der Waals surface area contributed by atoms with Gasteiger partial charge in [0.2, 0.25) is 11.6 Å². The topological polar surface area (TPSA) is 34.1 Å². The van der Waals surface area contributed by atoms with Gasteiger partial charge < -0.3 is 0 Å². The van der Waals surface area contributed by atoms with Gasteiger partial charge in [-0.15, -0.1) is 0 Å². The molecule has 0 heterocycles. The molecule has 0 aliphatic carbocycles. The van der Waals surface area contributed by atoms with Crippen molar-refractivity contribution in [1.82, 2.24) is 0 Å². The van der Waals surface area contributed by atoms with Gasteiger partial charge in [-0.25, -0.2) is 0 Å². The Morgan fingerprint density at radius 1 is 0.786 bits per heavy atom. The number of rotatable bonds is 2. The molecule has 14 heavy (non-hydrogen) atoms. The van der Waals surface area contributed by atoms with Gasteiger partial charge in [0.25, 0.3) is 0 Å². The van der Waals surface area contributed by atoms with Crippen molar-refractivity contribution in [1.29, 1.82) is 0 Å². The van der Waals surface area contributed by atoms with Crippen LogP contribution in [0.3, 0.4) is 0 Å². The van der Waals surface area contributed by atoms with Crippen LogP contribution in [0.5, 0.6) is 0 Å². The molecule has 0 saturated carbocycles. The minimum absolute atomic E-state index is 0. The maximum atomic E-state index is 11.3. The molecule has 0 N–H and O–H groups in total. The van der Waals surface area contributed by atoms with E-state index in [0.717, 1.165) is 0 Å². The number of Topliss-reactive ketones (excluding diaryl/α,β-unsaturated/α-hetero) is 2. The van der Waals surface area contributed by atoms with Gasteiger partial charge in [-0.3, -0.25) is 9.59 Å². The number of ketones is 2. The summed E-state index contributed by atoms with van der Waals surface area (Å²) in [6.07, 6.45) is -13.0. The molecule has 82 valence electrons. The van der Waals surface area contributed by atoms with E-state index in [4.69, 9.17) is 0 Å². The molecule has 0 aliphatic heterocycles. The molecule has 0 aliphatic rings. The van der Waals surface area contributed by atoms with Crippen LogP contribution in [0.2, 0.25) is 0 Å². The molecule has 0 spiro atoms. The second kappa shape index (κ2) is 4.87. The zero-order valence-electron chi connectivity index (χ0n) is 6.14. The van der Waals surface area contributed by atoms with E-state index < -0.39 is 30.3 Å². The Morgan fingerprint density at radius 2 is 1.00 bits per heavy atom. The van der Waals surface area contributed by atoms with Crippen molar-refractivity contribution >= 4 is 11.6 Å². The summed E-state index contributed by atoms with van der Waals surface area (Å²) in [7, 11) is 0. The fourth-order valence-corrected chi connectivity index (χ4v) is 0.346. The summed E-state index contributed by atoms with van der Waals surface area (Å²) < 4.78 is 68.0. The number of hydrogen-bond acceptors (Lipinski definition) is 2. The van der Waals surface area contributed by atoms with Crippen LogP contribution in [-0.4, -0.2) is 23.9 Å². The van der Waals surface area contributed by atoms with Gasteiger partial charge in [0.05, 0.1) is 6.42 Å². The van der Waals surface area contributed by atoms with Crippen molar-refractivity contribution in [2.45, 2.75) is 18.8 Å². The molecule has 0 aromatic heterocycles. The molecular weight excluding hydrogens is 396 g/mol. The molecular formula is C5H2F6O2Os+2. The van der Waals surface area contributed by atoms with E-state index in [0.29, 0.717) is 0 Å². The van der Waals surface area contributed by atoms with Crippen LogP contribution in [-0.2, 0) is 29.4 Å². The first-order valence-corrected chi connectivity index (χ1v) is 2.75. The van der Waals surface area contributed by atoms with Crippen LogP contribution < -0.4 is 0 Å². The van der Waals surface area contributed by atoms with Crippen molar-refractivity contribution in [3.8, 4) is 0 Å². The monoisotopic (exact) mass is 400 g/mol. The van der Waals surface area contributed by atoms with E-state index in [1.807, 2.05) is 0 Å². The zero-order valence-corrected chi connectivity index (χ0v) is 8.69. The van der Waals surface area contributed by atoms with Crippen LogP contribution in [0, 0.1) is 0 Å². The van der Waals surface area contributed by atoms with Gasteiger partial charge in [0.1, 0.15) is 0 Å². The molecule has 0 aromatic carbocycles. The molecule has 0 bridgehead atoms. The Bertz CT molecular complexity index is 205. The fourth-order valence-electron chi connectivity index (χ4n) is 0.346. The average Bonchev–Trinajstić information content (AvgIpc) is 1.82. The summed E-state index contributed by atoms with van der Waals surface area (Å²) in [6.45, 7) is 0. The summed E-state index contributed by atoms with van der Waals surface area (Å²) in [6, 6.07) is 0. The fraction of sp³-hybridized carbons (Fsp3) is 0.600. The van der Waals surface area contributed by atoms with Crippen LogP contribution in [0.15, 0.2) is 0 Å². The molecule has 0 radical (unpaired) electrons. The number of halogens is 6. The normalized spacial score (nSPS) is 11.9. The Labute approximate surface area is 86.7 Å². The Hall–Kier alpha value is -0.444. The summed E-state index contributed by atoms with van der Waals surface area (Å²) in [5.41, 5.74) is 0. The third kappa shape index (κ3) is 5.32. The average molecular weight is 398 g/mol. The Kier molecular flexibility index (Phi) is 5.57. The van der Waals surface area contributed by atoms with E-state index in [9.17, 15) is 35.9 Å². The minimum atomic E-state index is -5.40. The molecule has 0 atom stereocenters. The second-order valence-electron chi connectivity index (χ2n) is 2.02. The van der Waals surface area contributed by atoms with Crippen molar-refractivity contribution in [3.63, 3.8) is 0 Å². The van der Waals surface area contributed by atoms with Crippen LogP contribution in [0.1, 0.15) is 6.42 Å². The van der Waals surface area contributed by atoms with Crippen LogP contribution in [0.4, 0.5) is 26.3 Å². The zero-order chi connectivity index (χ0) is 10.9. The van der Waals surface area contributed by atoms with Crippen molar-refractivity contribution < 1.29 is 55.7 Å². The molecule has 0 saturated heterocycles. The van der Waals surface area contributed by atoms with E-state index >= 15 is 0 Å². The second-order valence-corrected chi connectivity index (χ2v) is 2.02. The van der Waals surface area contributed by atoms with Crippen LogP contribution >= 0.6 is 0 Å². The summed E-state index contributed by atoms with van der Waals surface area (Å²) in [4.78, 5) is 19.8. The van der Waals surface area contributed by atoms with Crippen molar-refractivity contribution in [2.75, 3.05) is 0 Å². The van der Waals surface area contributed by atoms with E-state index in [-0.39, 0.29) is 19.8 Å². The first kappa shape index (κ1) is 16.0. The van der Waals surface area contributed by atoms with Crippen molar-refractivity contribution in [3.05, 3.63) is 0 Å². The van der Waals surface area contributed by atoms with Crippen LogP contribution in [0.25, 0.3) is 0 Å². The minimum Gasteiger partial charge on any atom is -0.289 e. The van der Waals surface area contributed by atoms with Gasteiger partial charge in [-0.1, -0.05) is 0 Å². The summed E-state index contributed by atoms with van der Waals surface area (Å²) in [5, 5.41) is 0. The molecule has 0 fully saturated rings. The standard InChI is InChI=1S/C5H2F6O2.Os/c6-4(7,8)2(12)1-3(13)5(9,10)11;/h1H2;/q;+2. The van der Waals surface area contributed by atoms with Crippen molar-refractivity contribution in [2.24, 2.45) is 0 Å². The smallest absolute Gasteiger partial charge is 0.289 e. The number of alkyl halides is 6. The van der Waals surface area contributed by atoms with Gasteiger partial charge in [-0.2, -0.15) is 26.3 Å². The van der Waals surface area contributed by atoms with E-state index in [1.165, 1.54) is 0 Å². The predicted octanol–water partition coefficient (Wildman–Crippen LogP) is 1.64. The first-order chi connectivity index (χ1) is 5.55. The Balaban J connectivity index is 0. The quantitative estimate of drug-likeness (QED) is 0.524. The maximum Gasteiger partial charge on any atom is 2.00 e. The molecule has 0 amide bonds. The SMILES string of the molecule is O=C(CC(=O)C(F)(F)F)C(F)(F)F.[Os+2]. The third-order valence-corrected chi connectivity index (χ3v) is 0.953. The third-order valence-electron chi connectivity index (χ3n) is 0.953. The Morgan fingerprint density at radius 3 is 1.14 bits per heavy atom. The molecule has 0 rings (SSSR count). The molecule has 9 heteroatoms. The van der Waals surface area contributed by atoms with E-state index in [2.05, 4.69) is 0 Å². The largest absolute Gasteiger partial charge is 2.00 e. The molecule has 0 aromatic rings. The predicted molar refractivity (Wildman–Crippen MR) is 26.7 cm³/mol. The summed E-state index contributed by atoms with van der Waals surface area (Å²) >= 11 is 0. The van der Waals surface area contributed by atoms with E-state index in [1.54, 1.807) is 0 Å². The molecule has 0 unspecified atom stereocenters. The number of carbonyl (C=O) groups is 2. The van der Waals surface area contributed by atoms with Gasteiger partial charge >= 0.3 is 32.1 Å². The maximum absolute atomic E-state index is 11.3. The van der Waals surface area contributed by atoms with Gasteiger partial charge in [0, 0.05) is 0 Å². The first-order valence-electron chi connectivity index (χ1n) is 2.75. The molecule has 2 nitrogen and oxygen atoms in total. The number of carbonyl (C=O) groups excluding carboxylic acids is 2. The van der Waals surface area contributed by atoms with Gasteiger partial charge in [-0.05, 0) is 0 Å². The summed E-state index contributed by atoms with van der Waals surface area (Å²) in [5.74, 6) is -5.40.